The van der Waals surface area contributed by atoms with Crippen LogP contribution in [0.5, 0.6) is 17.2 Å². The molecule has 0 aliphatic heterocycles. The van der Waals surface area contributed by atoms with Crippen molar-refractivity contribution in [2.24, 2.45) is 0 Å². The van der Waals surface area contributed by atoms with E-state index in [-0.39, 0.29) is 18.0 Å². The Hall–Kier alpha value is -4.61. The summed E-state index contributed by atoms with van der Waals surface area (Å²) in [7, 11) is 1.49. The Kier molecular flexibility index (Phi) is 9.33. The molecular weight excluding hydrogens is 563 g/mol. The molecule has 0 aliphatic carbocycles. The molecule has 0 fully saturated rings. The second kappa shape index (κ2) is 13.3. The number of carbonyl (C=O) groups is 1. The lowest BCUT2D eigenvalue weighted by Crippen LogP contribution is -2.13. The molecule has 0 bridgehead atoms. The molecule has 8 heteroatoms. The first-order valence-corrected chi connectivity index (χ1v) is 12.7. The van der Waals surface area contributed by atoms with Gasteiger partial charge >= 0.3 is 0 Å². The fraction of sp³-hybridized carbons (Fsp3) is 0.0968. The summed E-state index contributed by atoms with van der Waals surface area (Å²) in [5.41, 5.74) is 2.83. The number of methoxy groups -OCH3 is 1. The number of benzene rings is 4. The lowest BCUT2D eigenvalue weighted by atomic mass is 10.1. The quantitative estimate of drug-likeness (QED) is 0.156. The maximum Gasteiger partial charge on any atom is 0.266 e. The Morgan fingerprint density at radius 1 is 0.949 bits per heavy atom. The van der Waals surface area contributed by atoms with Crippen LogP contribution >= 0.6 is 15.9 Å². The summed E-state index contributed by atoms with van der Waals surface area (Å²) in [5, 5.41) is 12.4. The van der Waals surface area contributed by atoms with Gasteiger partial charge in [0.05, 0.1) is 11.6 Å². The number of nitrogens with one attached hydrogen (secondary N) is 1. The SMILES string of the molecule is COc1cc(/C=C(\C#N)C(=O)Nc2ccc(OCc3ccccc3)cc2)cc(Br)c1OCc1ccc(F)cc1. The first-order chi connectivity index (χ1) is 18.9. The molecule has 39 heavy (non-hydrogen) atoms. The fourth-order valence-electron chi connectivity index (χ4n) is 3.59. The minimum atomic E-state index is -0.554. The zero-order valence-electron chi connectivity index (χ0n) is 21.0. The number of halogens is 2. The van der Waals surface area contributed by atoms with Gasteiger partial charge in [0, 0.05) is 5.69 Å². The molecule has 4 rings (SSSR count). The summed E-state index contributed by atoms with van der Waals surface area (Å²) in [5.74, 6) is 0.627. The maximum absolute atomic E-state index is 13.2. The van der Waals surface area contributed by atoms with Gasteiger partial charge in [0.1, 0.15) is 36.4 Å². The van der Waals surface area contributed by atoms with Crippen LogP contribution in [0, 0.1) is 17.1 Å². The number of nitriles is 1. The molecular formula is C31H24BrFN2O4. The number of hydrogen-bond donors (Lipinski definition) is 1. The van der Waals surface area contributed by atoms with Gasteiger partial charge in [0.2, 0.25) is 0 Å². The minimum Gasteiger partial charge on any atom is -0.493 e. The van der Waals surface area contributed by atoms with E-state index in [1.54, 1.807) is 48.5 Å². The molecule has 0 aromatic heterocycles. The highest BCUT2D eigenvalue weighted by Gasteiger charge is 2.14. The van der Waals surface area contributed by atoms with Crippen LogP contribution in [0.15, 0.2) is 101 Å². The number of hydrogen-bond acceptors (Lipinski definition) is 5. The molecule has 4 aromatic rings. The fourth-order valence-corrected chi connectivity index (χ4v) is 4.16. The first kappa shape index (κ1) is 27.4. The van der Waals surface area contributed by atoms with E-state index in [2.05, 4.69) is 21.2 Å². The monoisotopic (exact) mass is 586 g/mol. The van der Waals surface area contributed by atoms with E-state index in [1.807, 2.05) is 36.4 Å². The van der Waals surface area contributed by atoms with Crippen LogP contribution in [0.2, 0.25) is 0 Å². The van der Waals surface area contributed by atoms with Crippen LogP contribution in [-0.2, 0) is 18.0 Å². The van der Waals surface area contributed by atoms with Crippen LogP contribution < -0.4 is 19.5 Å². The van der Waals surface area contributed by atoms with Crippen LogP contribution in [0.4, 0.5) is 10.1 Å². The molecule has 1 N–H and O–H groups in total. The smallest absolute Gasteiger partial charge is 0.266 e. The summed E-state index contributed by atoms with van der Waals surface area (Å²) in [6, 6.07) is 28.0. The molecule has 0 saturated carbocycles. The lowest BCUT2D eigenvalue weighted by molar-refractivity contribution is -0.112. The van der Waals surface area contributed by atoms with Crippen molar-refractivity contribution in [2.45, 2.75) is 13.2 Å². The van der Waals surface area contributed by atoms with Crippen molar-refractivity contribution in [1.82, 2.24) is 0 Å². The van der Waals surface area contributed by atoms with Gasteiger partial charge in [-0.05, 0) is 87.2 Å². The van der Waals surface area contributed by atoms with Crippen molar-refractivity contribution in [2.75, 3.05) is 12.4 Å². The molecule has 0 aliphatic rings. The van der Waals surface area contributed by atoms with Gasteiger partial charge in [0.25, 0.3) is 5.91 Å². The Morgan fingerprint density at radius 2 is 1.62 bits per heavy atom. The first-order valence-electron chi connectivity index (χ1n) is 11.9. The van der Waals surface area contributed by atoms with Gasteiger partial charge in [0.15, 0.2) is 11.5 Å². The predicted molar refractivity (Wildman–Crippen MR) is 151 cm³/mol. The average molecular weight is 587 g/mol. The summed E-state index contributed by atoms with van der Waals surface area (Å²) in [6.45, 7) is 0.634. The van der Waals surface area contributed by atoms with Crippen LogP contribution in [0.1, 0.15) is 16.7 Å². The van der Waals surface area contributed by atoms with Crippen LogP contribution in [0.25, 0.3) is 6.08 Å². The Morgan fingerprint density at radius 3 is 2.28 bits per heavy atom. The summed E-state index contributed by atoms with van der Waals surface area (Å²) < 4.78 is 30.8. The molecule has 0 saturated heterocycles. The average Bonchev–Trinajstić information content (AvgIpc) is 2.96. The molecule has 0 heterocycles. The summed E-state index contributed by atoms with van der Waals surface area (Å²) in [4.78, 5) is 12.8. The highest BCUT2D eigenvalue weighted by molar-refractivity contribution is 9.10. The van der Waals surface area contributed by atoms with E-state index >= 15 is 0 Å². The third-order valence-electron chi connectivity index (χ3n) is 5.58. The molecule has 0 spiro atoms. The van der Waals surface area contributed by atoms with Crippen molar-refractivity contribution in [3.8, 4) is 23.3 Å². The molecule has 0 radical (unpaired) electrons. The van der Waals surface area contributed by atoms with Gasteiger partial charge in [-0.25, -0.2) is 4.39 Å². The number of nitrogens with zero attached hydrogens (tertiary/aromatic N) is 1. The van der Waals surface area contributed by atoms with Crippen molar-refractivity contribution >= 4 is 33.6 Å². The Bertz CT molecular complexity index is 1500. The van der Waals surface area contributed by atoms with Gasteiger partial charge in [-0.3, -0.25) is 4.79 Å². The Labute approximate surface area is 234 Å². The zero-order chi connectivity index (χ0) is 27.6. The van der Waals surface area contributed by atoms with Crippen molar-refractivity contribution in [3.63, 3.8) is 0 Å². The number of rotatable bonds is 10. The van der Waals surface area contributed by atoms with Crippen LogP contribution in [0.3, 0.4) is 0 Å². The molecule has 4 aromatic carbocycles. The maximum atomic E-state index is 13.2. The highest BCUT2D eigenvalue weighted by Crippen LogP contribution is 2.38. The number of carbonyl (C=O) groups excluding carboxylic acids is 1. The molecule has 1 amide bonds. The van der Waals surface area contributed by atoms with E-state index in [1.165, 1.54) is 25.3 Å². The molecule has 6 nitrogen and oxygen atoms in total. The van der Waals surface area contributed by atoms with E-state index in [0.717, 1.165) is 11.1 Å². The van der Waals surface area contributed by atoms with Crippen molar-refractivity contribution in [3.05, 3.63) is 124 Å². The van der Waals surface area contributed by atoms with Gasteiger partial charge in [-0.2, -0.15) is 5.26 Å². The van der Waals surface area contributed by atoms with Gasteiger partial charge in [-0.15, -0.1) is 0 Å². The van der Waals surface area contributed by atoms with Crippen molar-refractivity contribution in [1.29, 1.82) is 5.26 Å². The zero-order valence-corrected chi connectivity index (χ0v) is 22.6. The second-order valence-corrected chi connectivity index (χ2v) is 9.23. The highest BCUT2D eigenvalue weighted by atomic mass is 79.9. The third kappa shape index (κ3) is 7.69. The van der Waals surface area contributed by atoms with E-state index < -0.39 is 5.91 Å². The van der Waals surface area contributed by atoms with Crippen LogP contribution in [-0.4, -0.2) is 13.0 Å². The molecule has 0 unspecified atom stereocenters. The summed E-state index contributed by atoms with van der Waals surface area (Å²) >= 11 is 3.47. The molecule has 0 atom stereocenters. The standard InChI is InChI=1S/C31H24BrFN2O4/c1-37-29-17-23(16-28(32)30(29)39-20-22-7-9-25(33)10-8-22)15-24(18-34)31(36)35-26-11-13-27(14-12-26)38-19-21-5-3-2-4-6-21/h2-17H,19-20H2,1H3,(H,35,36)/b24-15+. The number of amides is 1. The van der Waals surface area contributed by atoms with Gasteiger partial charge in [-0.1, -0.05) is 42.5 Å². The largest absolute Gasteiger partial charge is 0.493 e. The Balaban J connectivity index is 1.42. The number of ether oxygens (including phenoxy) is 3. The molecule has 196 valence electrons. The minimum absolute atomic E-state index is 0.0895. The predicted octanol–water partition coefficient (Wildman–Crippen LogP) is 7.30. The number of anilines is 1. The van der Waals surface area contributed by atoms with E-state index in [4.69, 9.17) is 14.2 Å². The van der Waals surface area contributed by atoms with E-state index in [0.29, 0.717) is 39.6 Å². The summed E-state index contributed by atoms with van der Waals surface area (Å²) in [6.07, 6.45) is 1.46. The third-order valence-corrected chi connectivity index (χ3v) is 6.17. The van der Waals surface area contributed by atoms with Crippen molar-refractivity contribution < 1.29 is 23.4 Å². The topological polar surface area (TPSA) is 80.6 Å². The van der Waals surface area contributed by atoms with E-state index in [9.17, 15) is 14.4 Å². The second-order valence-electron chi connectivity index (χ2n) is 8.37. The van der Waals surface area contributed by atoms with Gasteiger partial charge < -0.3 is 19.5 Å². The lowest BCUT2D eigenvalue weighted by Gasteiger charge is -2.14. The normalized spacial score (nSPS) is 10.9.